The Labute approximate surface area is 291 Å². The fourth-order valence-corrected chi connectivity index (χ4v) is 10.5. The molecule has 0 heterocycles. The van der Waals surface area contributed by atoms with E-state index in [9.17, 15) is 24.6 Å². The molecule has 0 bridgehead atoms. The van der Waals surface area contributed by atoms with Crippen LogP contribution in [0, 0.1) is 34.0 Å². The molecule has 7 heteroatoms. The Morgan fingerprint density at radius 2 is 1.82 bits per heavy atom. The number of ether oxygens (including phenoxy) is 1. The largest absolute Gasteiger partial charge is 0.449 e. The Bertz CT molecular complexity index is 1620. The van der Waals surface area contributed by atoms with Gasteiger partial charge in [0.05, 0.1) is 11.5 Å². The number of alkyl halides is 1. The summed E-state index contributed by atoms with van der Waals surface area (Å²) in [5, 5.41) is 22.3. The van der Waals surface area contributed by atoms with Crippen molar-refractivity contribution in [3.05, 3.63) is 82.5 Å². The number of rotatable bonds is 8. The van der Waals surface area contributed by atoms with E-state index in [-0.39, 0.29) is 12.2 Å². The fraction of sp³-hybridized carbons (Fsp3) is 0.595. The first-order valence-electron chi connectivity index (χ1n) is 18.0. The van der Waals surface area contributed by atoms with Crippen molar-refractivity contribution in [2.45, 2.75) is 118 Å². The quantitative estimate of drug-likeness (QED) is 0.200. The van der Waals surface area contributed by atoms with Gasteiger partial charge in [0.25, 0.3) is 0 Å². The summed E-state index contributed by atoms with van der Waals surface area (Å²) < 4.78 is 24.4. The lowest BCUT2D eigenvalue weighted by molar-refractivity contribution is -0.231. The number of halogens is 1. The molecule has 9 atom stereocenters. The van der Waals surface area contributed by atoms with Crippen LogP contribution >= 0.6 is 0 Å². The first-order valence-corrected chi connectivity index (χ1v) is 18.0. The minimum absolute atomic E-state index is 0.124. The van der Waals surface area contributed by atoms with E-state index >= 15 is 4.39 Å². The topological polar surface area (TPSA) is 101 Å². The standard InChI is InChI=1S/C42H55FO6/c1-9-26(2)12-10-13-27(3)15-17-32-28(4)14-11-20-38(32,6)37(48)49-42(36(47)25-44)29(5)22-34-33-18-16-30-23-31(45)19-21-39(30,7)41(33,43)35(46)24-40(34,42)8/h9-10,12-13,15,17,19,21,23,29,33-35,44,46H,11,14,16,18,20,22,24-25H2,1-8H3/b12-10+,17-15+,26-9+,27-13+/t29-,33+,34+,35+,38?,39+,40+,41+,42+/m1/s1. The highest BCUT2D eigenvalue weighted by molar-refractivity contribution is 6.01. The number of allylic oxidation sites excluding steroid dienone is 13. The Kier molecular flexibility index (Phi) is 9.99. The average molecular weight is 675 g/mol. The third-order valence-electron chi connectivity index (χ3n) is 13.4. The van der Waals surface area contributed by atoms with Crippen molar-refractivity contribution in [1.82, 2.24) is 0 Å². The van der Waals surface area contributed by atoms with Crippen LogP contribution in [0.15, 0.2) is 82.5 Å². The van der Waals surface area contributed by atoms with Gasteiger partial charge < -0.3 is 14.9 Å². The molecule has 0 amide bonds. The van der Waals surface area contributed by atoms with E-state index in [1.807, 2.05) is 84.9 Å². The van der Waals surface area contributed by atoms with Gasteiger partial charge in [-0.3, -0.25) is 14.4 Å². The van der Waals surface area contributed by atoms with Gasteiger partial charge in [-0.2, -0.15) is 0 Å². The van der Waals surface area contributed by atoms with Crippen molar-refractivity contribution in [1.29, 1.82) is 0 Å². The van der Waals surface area contributed by atoms with Gasteiger partial charge in [-0.1, -0.05) is 78.7 Å². The van der Waals surface area contributed by atoms with Gasteiger partial charge in [0.1, 0.15) is 6.61 Å². The summed E-state index contributed by atoms with van der Waals surface area (Å²) in [6, 6.07) is 0. The van der Waals surface area contributed by atoms with Crippen LogP contribution in [0.5, 0.6) is 0 Å². The number of Topliss-reactive ketones (excluding diaryl/α,β-unsaturated/α-hetero) is 1. The third-order valence-corrected chi connectivity index (χ3v) is 13.4. The molecule has 0 aromatic rings. The smallest absolute Gasteiger partial charge is 0.317 e. The van der Waals surface area contributed by atoms with Crippen molar-refractivity contribution in [2.24, 2.45) is 34.0 Å². The molecule has 0 aliphatic heterocycles. The lowest BCUT2D eigenvalue weighted by Crippen LogP contribution is -2.70. The minimum Gasteiger partial charge on any atom is -0.449 e. The van der Waals surface area contributed by atoms with Crippen LogP contribution in [0.2, 0.25) is 0 Å². The van der Waals surface area contributed by atoms with E-state index in [1.54, 1.807) is 13.0 Å². The zero-order valence-corrected chi connectivity index (χ0v) is 30.6. The monoisotopic (exact) mass is 674 g/mol. The summed E-state index contributed by atoms with van der Waals surface area (Å²) in [7, 11) is 0. The molecule has 1 unspecified atom stereocenters. The highest BCUT2D eigenvalue weighted by Crippen LogP contribution is 2.71. The van der Waals surface area contributed by atoms with Gasteiger partial charge in [-0.15, -0.1) is 0 Å². The van der Waals surface area contributed by atoms with E-state index in [4.69, 9.17) is 4.74 Å². The number of ketones is 2. The second-order valence-corrected chi connectivity index (χ2v) is 16.1. The van der Waals surface area contributed by atoms with E-state index in [0.29, 0.717) is 31.3 Å². The fourth-order valence-electron chi connectivity index (χ4n) is 10.5. The highest BCUT2D eigenvalue weighted by atomic mass is 19.1. The van der Waals surface area contributed by atoms with Gasteiger partial charge in [0.2, 0.25) is 5.78 Å². The summed E-state index contributed by atoms with van der Waals surface area (Å²) in [5.74, 6) is -2.91. The molecule has 2 N–H and O–H groups in total. The molecule has 3 fully saturated rings. The second-order valence-electron chi connectivity index (χ2n) is 16.1. The lowest BCUT2D eigenvalue weighted by Gasteiger charge is -2.63. The zero-order chi connectivity index (χ0) is 36.2. The summed E-state index contributed by atoms with van der Waals surface area (Å²) in [4.78, 5) is 41.1. The number of esters is 1. The molecule has 3 saturated carbocycles. The van der Waals surface area contributed by atoms with Crippen molar-refractivity contribution >= 4 is 17.5 Å². The molecule has 6 nitrogen and oxygen atoms in total. The van der Waals surface area contributed by atoms with E-state index in [2.05, 4.69) is 0 Å². The summed E-state index contributed by atoms with van der Waals surface area (Å²) >= 11 is 0. The molecule has 49 heavy (non-hydrogen) atoms. The molecule has 5 rings (SSSR count). The Balaban J connectivity index is 1.52. The van der Waals surface area contributed by atoms with Gasteiger partial charge >= 0.3 is 5.97 Å². The second kappa shape index (κ2) is 13.2. The maximum Gasteiger partial charge on any atom is 0.317 e. The van der Waals surface area contributed by atoms with Crippen LogP contribution in [0.25, 0.3) is 0 Å². The van der Waals surface area contributed by atoms with Crippen LogP contribution in [0.3, 0.4) is 0 Å². The molecule has 0 aromatic carbocycles. The average Bonchev–Trinajstić information content (AvgIpc) is 3.27. The number of hydrogen-bond acceptors (Lipinski definition) is 6. The number of carbonyl (C=O) groups is 3. The predicted octanol–water partition coefficient (Wildman–Crippen LogP) is 7.98. The van der Waals surface area contributed by atoms with Crippen LogP contribution in [-0.2, 0) is 19.1 Å². The number of hydrogen-bond donors (Lipinski definition) is 2. The van der Waals surface area contributed by atoms with Crippen molar-refractivity contribution in [3.8, 4) is 0 Å². The van der Waals surface area contributed by atoms with Crippen LogP contribution in [-0.4, -0.2) is 51.7 Å². The van der Waals surface area contributed by atoms with Gasteiger partial charge in [0, 0.05) is 22.7 Å². The molecular formula is C42H55FO6. The number of fused-ring (bicyclic) bond motifs is 5. The van der Waals surface area contributed by atoms with Gasteiger partial charge in [-0.05, 0) is 110 Å². The molecule has 0 spiro atoms. The third kappa shape index (κ3) is 5.54. The van der Waals surface area contributed by atoms with E-state index in [1.165, 1.54) is 12.2 Å². The molecule has 5 aliphatic rings. The van der Waals surface area contributed by atoms with Crippen molar-refractivity contribution < 1.29 is 33.7 Å². The minimum atomic E-state index is -2.08. The first kappa shape index (κ1) is 37.1. The molecule has 0 aromatic heterocycles. The van der Waals surface area contributed by atoms with Crippen LogP contribution < -0.4 is 0 Å². The van der Waals surface area contributed by atoms with Crippen molar-refractivity contribution in [2.75, 3.05) is 6.61 Å². The SMILES string of the molecule is C/C=C(C)/C=C/C=C(C)/C=C/C1=C(C)CCCC1(C)C(=O)O[C@]1(C(=O)CO)[C@H](C)C[C@H]2[C@@H]3CCC4=CC(=O)C=C[C@]4(C)[C@@]3(F)[C@@H](O)C[C@@]21C. The molecule has 266 valence electrons. The number of aliphatic hydroxyl groups is 2. The molecule has 0 saturated heterocycles. The lowest BCUT2D eigenvalue weighted by atomic mass is 9.44. The molecule has 5 aliphatic carbocycles. The maximum atomic E-state index is 17.8. The summed E-state index contributed by atoms with van der Waals surface area (Å²) in [6.45, 7) is 14.6. The number of carbonyl (C=O) groups excluding carboxylic acids is 3. The molecule has 0 radical (unpaired) electrons. The number of aliphatic hydroxyl groups excluding tert-OH is 2. The summed E-state index contributed by atoms with van der Waals surface area (Å²) in [5.41, 5.74) is -2.43. The maximum absolute atomic E-state index is 17.8. The normalized spacial score (nSPS) is 41.1. The first-order chi connectivity index (χ1) is 23.0. The predicted molar refractivity (Wildman–Crippen MR) is 190 cm³/mol. The Hall–Kier alpha value is -3.16. The van der Waals surface area contributed by atoms with E-state index < -0.39 is 69.7 Å². The Morgan fingerprint density at radius 3 is 2.49 bits per heavy atom. The van der Waals surface area contributed by atoms with E-state index in [0.717, 1.165) is 35.1 Å². The van der Waals surface area contributed by atoms with Crippen molar-refractivity contribution in [3.63, 3.8) is 0 Å². The van der Waals surface area contributed by atoms with Crippen LogP contribution in [0.1, 0.15) is 100 Å². The highest BCUT2D eigenvalue weighted by Gasteiger charge is 2.77. The molecular weight excluding hydrogens is 619 g/mol. The van der Waals surface area contributed by atoms with Gasteiger partial charge in [-0.25, -0.2) is 4.39 Å². The Morgan fingerprint density at radius 1 is 1.10 bits per heavy atom. The summed E-state index contributed by atoms with van der Waals surface area (Å²) in [6.07, 6.45) is 18.4. The zero-order valence-electron chi connectivity index (χ0n) is 30.6. The van der Waals surface area contributed by atoms with Gasteiger partial charge in [0.15, 0.2) is 17.1 Å². The van der Waals surface area contributed by atoms with Crippen LogP contribution in [0.4, 0.5) is 4.39 Å².